The van der Waals surface area contributed by atoms with Crippen molar-refractivity contribution in [1.29, 1.82) is 0 Å². The van der Waals surface area contributed by atoms with Crippen molar-refractivity contribution >= 4 is 12.0 Å². The molecule has 0 amide bonds. The van der Waals surface area contributed by atoms with E-state index in [0.717, 1.165) is 19.2 Å². The van der Waals surface area contributed by atoms with Gasteiger partial charge in [0, 0.05) is 4.91 Å². The highest BCUT2D eigenvalue weighted by atomic mass is 19.4. The first kappa shape index (κ1) is 15.4. The summed E-state index contributed by atoms with van der Waals surface area (Å²) in [6, 6.07) is 4.64. The van der Waals surface area contributed by atoms with Gasteiger partial charge in [0.05, 0.1) is 7.11 Å². The molecule has 1 rings (SSSR count). The van der Waals surface area contributed by atoms with Gasteiger partial charge in [-0.05, 0) is 29.3 Å². The summed E-state index contributed by atoms with van der Waals surface area (Å²) in [6.07, 6.45) is -3.61. The van der Waals surface area contributed by atoms with E-state index < -0.39 is 18.1 Å². The number of hydrogen-bond acceptors (Lipinski definition) is 4. The average Bonchev–Trinajstić information content (AvgIpc) is 2.38. The molecule has 0 saturated carbocycles. The number of halogens is 3. The lowest BCUT2D eigenvalue weighted by Crippen LogP contribution is -2.16. The first-order chi connectivity index (χ1) is 9.35. The van der Waals surface area contributed by atoms with E-state index in [0.29, 0.717) is 5.56 Å². The predicted octanol–water partition coefficient (Wildman–Crippen LogP) is 3.41. The van der Waals surface area contributed by atoms with Crippen LogP contribution in [0.3, 0.4) is 0 Å². The van der Waals surface area contributed by atoms with Gasteiger partial charge in [0.2, 0.25) is 0 Å². The standard InChI is InChI=1S/C11H8F3N3O3/c1-19-10(18)9(16-17-15)6-7-2-4-8(5-3-7)20-11(12,13)14/h2-6H,1H3. The van der Waals surface area contributed by atoms with Crippen molar-refractivity contribution in [1.82, 2.24) is 0 Å². The Bertz CT molecular complexity index is 561. The van der Waals surface area contributed by atoms with Gasteiger partial charge in [0.25, 0.3) is 0 Å². The third kappa shape index (κ3) is 4.91. The fourth-order valence-electron chi connectivity index (χ4n) is 1.20. The Hall–Kier alpha value is -2.67. The molecule has 0 heterocycles. The number of nitrogens with zero attached hydrogens (tertiary/aromatic N) is 3. The lowest BCUT2D eigenvalue weighted by molar-refractivity contribution is -0.274. The number of esters is 1. The number of ether oxygens (including phenoxy) is 2. The summed E-state index contributed by atoms with van der Waals surface area (Å²) >= 11 is 0. The Morgan fingerprint density at radius 3 is 2.40 bits per heavy atom. The Morgan fingerprint density at radius 1 is 1.35 bits per heavy atom. The summed E-state index contributed by atoms with van der Waals surface area (Å²) in [5.41, 5.74) is 8.32. The maximum atomic E-state index is 12.0. The van der Waals surface area contributed by atoms with Crippen LogP contribution >= 0.6 is 0 Å². The first-order valence-corrected chi connectivity index (χ1v) is 5.06. The minimum atomic E-state index is -4.78. The highest BCUT2D eigenvalue weighted by Gasteiger charge is 2.30. The van der Waals surface area contributed by atoms with Gasteiger partial charge in [-0.15, -0.1) is 13.2 Å². The van der Waals surface area contributed by atoms with Crippen LogP contribution in [0.1, 0.15) is 5.56 Å². The van der Waals surface area contributed by atoms with Crippen molar-refractivity contribution in [2.45, 2.75) is 6.36 Å². The molecule has 0 spiro atoms. The van der Waals surface area contributed by atoms with Crippen molar-refractivity contribution in [2.24, 2.45) is 5.11 Å². The molecule has 6 nitrogen and oxygen atoms in total. The van der Waals surface area contributed by atoms with Crippen LogP contribution in [0.15, 0.2) is 35.1 Å². The number of alkyl halides is 3. The topological polar surface area (TPSA) is 84.3 Å². The molecule has 1 aromatic rings. The van der Waals surface area contributed by atoms with Gasteiger partial charge in [-0.2, -0.15) is 0 Å². The summed E-state index contributed by atoms with van der Waals surface area (Å²) in [7, 11) is 1.10. The molecule has 0 atom stereocenters. The molecule has 1 aromatic carbocycles. The maximum absolute atomic E-state index is 12.0. The van der Waals surface area contributed by atoms with Gasteiger partial charge in [0.1, 0.15) is 11.4 Å². The molecule has 106 valence electrons. The zero-order valence-corrected chi connectivity index (χ0v) is 10.1. The summed E-state index contributed by atoms with van der Waals surface area (Å²) < 4.78 is 43.9. The van der Waals surface area contributed by atoms with E-state index in [1.54, 1.807) is 0 Å². The normalized spacial score (nSPS) is 11.5. The van der Waals surface area contributed by atoms with Crippen LogP contribution in [0.25, 0.3) is 16.5 Å². The van der Waals surface area contributed by atoms with Crippen LogP contribution in [0.2, 0.25) is 0 Å². The molecular weight excluding hydrogens is 279 g/mol. The molecule has 0 aliphatic heterocycles. The van der Waals surface area contributed by atoms with Crippen molar-refractivity contribution in [3.05, 3.63) is 46.0 Å². The fourth-order valence-corrected chi connectivity index (χ4v) is 1.20. The lowest BCUT2D eigenvalue weighted by Gasteiger charge is -2.08. The SMILES string of the molecule is COC(=O)C(=Cc1ccc(OC(F)(F)F)cc1)N=[N+]=[N-]. The molecule has 20 heavy (non-hydrogen) atoms. The minimum Gasteiger partial charge on any atom is -0.466 e. The van der Waals surface area contributed by atoms with Crippen molar-refractivity contribution in [3.8, 4) is 5.75 Å². The van der Waals surface area contributed by atoms with Crippen molar-refractivity contribution in [3.63, 3.8) is 0 Å². The second-order valence-electron chi connectivity index (χ2n) is 3.33. The van der Waals surface area contributed by atoms with Gasteiger partial charge in [-0.3, -0.25) is 0 Å². The number of carbonyl (C=O) groups is 1. The van der Waals surface area contributed by atoms with Crippen LogP contribution < -0.4 is 4.74 Å². The molecule has 0 aromatic heterocycles. The number of azide groups is 1. The van der Waals surface area contributed by atoms with Gasteiger partial charge >= 0.3 is 12.3 Å². The highest BCUT2D eigenvalue weighted by molar-refractivity contribution is 5.93. The predicted molar refractivity (Wildman–Crippen MR) is 62.3 cm³/mol. The van der Waals surface area contributed by atoms with E-state index in [1.807, 2.05) is 0 Å². The third-order valence-corrected chi connectivity index (χ3v) is 1.96. The van der Waals surface area contributed by atoms with Gasteiger partial charge < -0.3 is 9.47 Å². The van der Waals surface area contributed by atoms with Gasteiger partial charge in [-0.25, -0.2) is 4.79 Å². The fraction of sp³-hybridized carbons (Fsp3) is 0.182. The molecule has 0 saturated heterocycles. The third-order valence-electron chi connectivity index (χ3n) is 1.96. The molecule has 0 radical (unpaired) electrons. The summed E-state index contributed by atoms with van der Waals surface area (Å²) in [5, 5.41) is 3.13. The molecule has 0 unspecified atom stereocenters. The van der Waals surface area contributed by atoms with Crippen LogP contribution in [0.4, 0.5) is 13.2 Å². The Kier molecular flexibility index (Phi) is 4.99. The van der Waals surface area contributed by atoms with Crippen molar-refractivity contribution in [2.75, 3.05) is 7.11 Å². The average molecular weight is 287 g/mol. The maximum Gasteiger partial charge on any atom is 0.573 e. The smallest absolute Gasteiger partial charge is 0.466 e. The molecule has 0 N–H and O–H groups in total. The Balaban J connectivity index is 2.97. The number of methoxy groups -OCH3 is 1. The summed E-state index contributed by atoms with van der Waals surface area (Å²) in [6.45, 7) is 0. The van der Waals surface area contributed by atoms with Crippen LogP contribution in [0, 0.1) is 0 Å². The van der Waals surface area contributed by atoms with E-state index in [2.05, 4.69) is 19.5 Å². The largest absolute Gasteiger partial charge is 0.573 e. The quantitative estimate of drug-likeness (QED) is 0.279. The first-order valence-electron chi connectivity index (χ1n) is 5.06. The molecule has 0 fully saturated rings. The van der Waals surface area contributed by atoms with Gasteiger partial charge in [-0.1, -0.05) is 17.2 Å². The zero-order valence-electron chi connectivity index (χ0n) is 10.1. The molecule has 9 heteroatoms. The molecule has 0 aliphatic carbocycles. The lowest BCUT2D eigenvalue weighted by atomic mass is 10.2. The Morgan fingerprint density at radius 2 is 1.95 bits per heavy atom. The summed E-state index contributed by atoms with van der Waals surface area (Å²) in [5.74, 6) is -1.27. The van der Waals surface area contributed by atoms with E-state index in [1.165, 1.54) is 18.2 Å². The summed E-state index contributed by atoms with van der Waals surface area (Å²) in [4.78, 5) is 13.7. The van der Waals surface area contributed by atoms with E-state index in [9.17, 15) is 18.0 Å². The van der Waals surface area contributed by atoms with Crippen LogP contribution in [-0.2, 0) is 9.53 Å². The van der Waals surface area contributed by atoms with Crippen LogP contribution in [-0.4, -0.2) is 19.4 Å². The van der Waals surface area contributed by atoms with Gasteiger partial charge in [0.15, 0.2) is 0 Å². The number of rotatable bonds is 4. The Labute approximate surface area is 111 Å². The minimum absolute atomic E-state index is 0.320. The second-order valence-corrected chi connectivity index (χ2v) is 3.33. The molecule has 0 aliphatic rings. The van der Waals surface area contributed by atoms with E-state index >= 15 is 0 Å². The van der Waals surface area contributed by atoms with Crippen molar-refractivity contribution < 1.29 is 27.4 Å². The highest BCUT2D eigenvalue weighted by Crippen LogP contribution is 2.23. The monoisotopic (exact) mass is 287 g/mol. The molecule has 0 bridgehead atoms. The van der Waals surface area contributed by atoms with Crippen LogP contribution in [0.5, 0.6) is 5.75 Å². The molecular formula is C11H8F3N3O3. The zero-order chi connectivity index (χ0) is 15.2. The number of benzene rings is 1. The second kappa shape index (κ2) is 6.48. The number of hydrogen-bond donors (Lipinski definition) is 0. The van der Waals surface area contributed by atoms with E-state index in [-0.39, 0.29) is 5.70 Å². The number of carbonyl (C=O) groups excluding carboxylic acids is 1. The van der Waals surface area contributed by atoms with E-state index in [4.69, 9.17) is 5.53 Å².